The number of carbonyl (C=O) groups is 1. The number of carbonyl (C=O) groups excluding carboxylic acids is 1. The molecular weight excluding hydrogens is 328 g/mol. The van der Waals surface area contributed by atoms with Gasteiger partial charge in [-0.05, 0) is 56.1 Å². The van der Waals surface area contributed by atoms with Crippen LogP contribution in [-0.2, 0) is 4.79 Å². The number of nitrogens with one attached hydrogen (secondary N) is 1. The van der Waals surface area contributed by atoms with Gasteiger partial charge in [0.1, 0.15) is 0 Å². The molecule has 5 nitrogen and oxygen atoms in total. The molecule has 0 spiro atoms. The number of likely N-dealkylation sites (tertiary alicyclic amines) is 1. The van der Waals surface area contributed by atoms with Crippen LogP contribution in [0.25, 0.3) is 6.08 Å². The highest BCUT2D eigenvalue weighted by Gasteiger charge is 2.09. The Morgan fingerprint density at radius 1 is 1.23 bits per heavy atom. The van der Waals surface area contributed by atoms with E-state index in [9.17, 15) is 4.79 Å². The molecule has 2 rings (SSSR count). The number of nitrogens with zero attached hydrogens (tertiary/aromatic N) is 1. The second-order valence-corrected chi connectivity index (χ2v) is 6.64. The van der Waals surface area contributed by atoms with Crippen molar-refractivity contribution in [3.05, 3.63) is 29.8 Å². The van der Waals surface area contributed by atoms with Crippen LogP contribution in [0.15, 0.2) is 24.3 Å². The minimum atomic E-state index is -0.0655. The molecule has 1 amide bonds. The van der Waals surface area contributed by atoms with Gasteiger partial charge in [-0.15, -0.1) is 0 Å². The number of rotatable bonds is 10. The summed E-state index contributed by atoms with van der Waals surface area (Å²) in [5.74, 6) is 1.36. The number of methoxy groups -OCH3 is 1. The molecule has 1 saturated heterocycles. The van der Waals surface area contributed by atoms with Gasteiger partial charge in [0.05, 0.1) is 13.7 Å². The maximum atomic E-state index is 12.0. The number of ether oxygens (including phenoxy) is 2. The zero-order valence-corrected chi connectivity index (χ0v) is 16.1. The molecule has 0 radical (unpaired) electrons. The van der Waals surface area contributed by atoms with Gasteiger partial charge in [0.15, 0.2) is 11.5 Å². The van der Waals surface area contributed by atoms with Crippen LogP contribution >= 0.6 is 0 Å². The van der Waals surface area contributed by atoms with Gasteiger partial charge in [0.25, 0.3) is 0 Å². The van der Waals surface area contributed by atoms with Crippen molar-refractivity contribution in [2.75, 3.05) is 39.9 Å². The van der Waals surface area contributed by atoms with Gasteiger partial charge in [-0.1, -0.05) is 25.8 Å². The zero-order valence-electron chi connectivity index (χ0n) is 16.1. The summed E-state index contributed by atoms with van der Waals surface area (Å²) in [7, 11) is 1.63. The molecule has 0 unspecified atom stereocenters. The Morgan fingerprint density at radius 3 is 2.77 bits per heavy atom. The van der Waals surface area contributed by atoms with Crippen molar-refractivity contribution in [2.45, 2.75) is 39.0 Å². The van der Waals surface area contributed by atoms with E-state index in [2.05, 4.69) is 17.1 Å². The fourth-order valence-corrected chi connectivity index (χ4v) is 2.98. The van der Waals surface area contributed by atoms with Gasteiger partial charge >= 0.3 is 0 Å². The van der Waals surface area contributed by atoms with Crippen LogP contribution in [0.5, 0.6) is 11.5 Å². The average Bonchev–Trinajstić information content (AvgIpc) is 2.68. The van der Waals surface area contributed by atoms with Crippen LogP contribution in [-0.4, -0.2) is 50.7 Å². The van der Waals surface area contributed by atoms with Crippen molar-refractivity contribution in [3.8, 4) is 11.5 Å². The molecule has 1 aliphatic rings. The molecule has 0 aliphatic carbocycles. The van der Waals surface area contributed by atoms with Crippen LogP contribution in [0.3, 0.4) is 0 Å². The maximum Gasteiger partial charge on any atom is 0.244 e. The lowest BCUT2D eigenvalue weighted by Gasteiger charge is -2.26. The molecule has 5 heteroatoms. The van der Waals surface area contributed by atoms with E-state index in [1.165, 1.54) is 19.3 Å². The van der Waals surface area contributed by atoms with Crippen LogP contribution in [0.2, 0.25) is 0 Å². The van der Waals surface area contributed by atoms with Crippen molar-refractivity contribution >= 4 is 12.0 Å². The lowest BCUT2D eigenvalue weighted by atomic mass is 10.1. The minimum Gasteiger partial charge on any atom is -0.493 e. The van der Waals surface area contributed by atoms with Crippen LogP contribution < -0.4 is 14.8 Å². The van der Waals surface area contributed by atoms with E-state index in [-0.39, 0.29) is 5.91 Å². The van der Waals surface area contributed by atoms with E-state index in [1.54, 1.807) is 19.3 Å². The molecule has 1 heterocycles. The highest BCUT2D eigenvalue weighted by atomic mass is 16.5. The largest absolute Gasteiger partial charge is 0.493 e. The van der Waals surface area contributed by atoms with Crippen molar-refractivity contribution in [2.24, 2.45) is 0 Å². The maximum absolute atomic E-state index is 12.0. The Kier molecular flexibility index (Phi) is 9.04. The number of hydrogen-bond acceptors (Lipinski definition) is 4. The second-order valence-electron chi connectivity index (χ2n) is 6.64. The lowest BCUT2D eigenvalue weighted by Crippen LogP contribution is -2.37. The highest BCUT2D eigenvalue weighted by Crippen LogP contribution is 2.28. The van der Waals surface area contributed by atoms with Crippen molar-refractivity contribution in [1.82, 2.24) is 10.2 Å². The van der Waals surface area contributed by atoms with Gasteiger partial charge < -0.3 is 19.7 Å². The smallest absolute Gasteiger partial charge is 0.244 e. The Bertz CT molecular complexity index is 581. The number of amides is 1. The van der Waals surface area contributed by atoms with Gasteiger partial charge in [-0.3, -0.25) is 4.79 Å². The molecule has 0 aromatic heterocycles. The van der Waals surface area contributed by atoms with Crippen molar-refractivity contribution in [3.63, 3.8) is 0 Å². The van der Waals surface area contributed by atoms with Gasteiger partial charge in [0.2, 0.25) is 5.91 Å². The Morgan fingerprint density at radius 2 is 2.04 bits per heavy atom. The molecule has 0 saturated carbocycles. The van der Waals surface area contributed by atoms with E-state index in [1.807, 2.05) is 18.2 Å². The Hall–Kier alpha value is -2.01. The first kappa shape index (κ1) is 20.3. The van der Waals surface area contributed by atoms with E-state index in [4.69, 9.17) is 9.47 Å². The summed E-state index contributed by atoms with van der Waals surface area (Å²) >= 11 is 0. The number of unbranched alkanes of at least 4 members (excludes halogenated alkanes) is 1. The summed E-state index contributed by atoms with van der Waals surface area (Å²) < 4.78 is 11.1. The average molecular weight is 360 g/mol. The molecule has 1 aromatic carbocycles. The van der Waals surface area contributed by atoms with Gasteiger partial charge in [0, 0.05) is 19.2 Å². The monoisotopic (exact) mass is 360 g/mol. The third-order valence-corrected chi connectivity index (χ3v) is 4.55. The highest BCUT2D eigenvalue weighted by molar-refractivity contribution is 5.91. The van der Waals surface area contributed by atoms with Gasteiger partial charge in [-0.2, -0.15) is 0 Å². The molecular formula is C21H32N2O3. The van der Waals surface area contributed by atoms with E-state index in [0.717, 1.165) is 43.8 Å². The number of piperidine rings is 1. The third kappa shape index (κ3) is 7.08. The van der Waals surface area contributed by atoms with E-state index in [0.29, 0.717) is 18.9 Å². The van der Waals surface area contributed by atoms with Crippen LogP contribution in [0, 0.1) is 0 Å². The third-order valence-electron chi connectivity index (χ3n) is 4.55. The zero-order chi connectivity index (χ0) is 18.6. The quantitative estimate of drug-likeness (QED) is 0.513. The van der Waals surface area contributed by atoms with Crippen LogP contribution in [0.1, 0.15) is 44.6 Å². The van der Waals surface area contributed by atoms with Crippen molar-refractivity contribution in [1.29, 1.82) is 0 Å². The SMILES string of the molecule is CCCCOc1ccc(/C=C/C(=O)NCCN2CCCCC2)cc1OC. The van der Waals surface area contributed by atoms with E-state index < -0.39 is 0 Å². The standard InChI is InChI=1S/C21H32N2O3/c1-3-4-16-26-19-10-8-18(17-20(19)25-2)9-11-21(24)22-12-15-23-13-6-5-7-14-23/h8-11,17H,3-7,12-16H2,1-2H3,(H,22,24)/b11-9+. The molecule has 26 heavy (non-hydrogen) atoms. The molecule has 1 N–H and O–H groups in total. The summed E-state index contributed by atoms with van der Waals surface area (Å²) in [5, 5.41) is 2.95. The minimum absolute atomic E-state index is 0.0655. The molecule has 1 fully saturated rings. The predicted octanol–water partition coefficient (Wildman–Crippen LogP) is 3.49. The molecule has 0 atom stereocenters. The first-order chi connectivity index (χ1) is 12.7. The van der Waals surface area contributed by atoms with Crippen molar-refractivity contribution < 1.29 is 14.3 Å². The van der Waals surface area contributed by atoms with Gasteiger partial charge in [-0.25, -0.2) is 0 Å². The van der Waals surface area contributed by atoms with Crippen LogP contribution in [0.4, 0.5) is 0 Å². The number of benzene rings is 1. The molecule has 144 valence electrons. The van der Waals surface area contributed by atoms with E-state index >= 15 is 0 Å². The summed E-state index contributed by atoms with van der Waals surface area (Å²) in [4.78, 5) is 14.4. The summed E-state index contributed by atoms with van der Waals surface area (Å²) in [6.07, 6.45) is 9.36. The normalized spacial score (nSPS) is 15.2. The number of hydrogen-bond donors (Lipinski definition) is 1. The first-order valence-electron chi connectivity index (χ1n) is 9.72. The predicted molar refractivity (Wildman–Crippen MR) is 106 cm³/mol. The Labute approximate surface area is 157 Å². The summed E-state index contributed by atoms with van der Waals surface area (Å²) in [6, 6.07) is 5.71. The fraction of sp³-hybridized carbons (Fsp3) is 0.571. The topological polar surface area (TPSA) is 50.8 Å². The lowest BCUT2D eigenvalue weighted by molar-refractivity contribution is -0.116. The molecule has 0 bridgehead atoms. The molecule has 1 aliphatic heterocycles. The second kappa shape index (κ2) is 11.6. The fourth-order valence-electron chi connectivity index (χ4n) is 2.98. The first-order valence-corrected chi connectivity index (χ1v) is 9.72. The molecule has 1 aromatic rings. The summed E-state index contributed by atoms with van der Waals surface area (Å²) in [5.41, 5.74) is 0.913. The Balaban J connectivity index is 1.79. The summed E-state index contributed by atoms with van der Waals surface area (Å²) in [6.45, 7) is 6.73.